The van der Waals surface area contributed by atoms with Crippen LogP contribution in [0.2, 0.25) is 0 Å². The minimum absolute atomic E-state index is 0. The highest BCUT2D eigenvalue weighted by molar-refractivity contribution is 9.10. The summed E-state index contributed by atoms with van der Waals surface area (Å²) >= 11 is 3.48. The van der Waals surface area contributed by atoms with Gasteiger partial charge in [0.05, 0.1) is 6.42 Å². The van der Waals surface area contributed by atoms with Crippen LogP contribution in [-0.4, -0.2) is 18.5 Å². The Morgan fingerprint density at radius 1 is 1.30 bits per heavy atom. The zero-order chi connectivity index (χ0) is 13.7. The van der Waals surface area contributed by atoms with Gasteiger partial charge in [0.15, 0.2) is 0 Å². The van der Waals surface area contributed by atoms with Crippen molar-refractivity contribution in [1.82, 2.24) is 5.32 Å². The van der Waals surface area contributed by atoms with Crippen LogP contribution in [0.15, 0.2) is 28.7 Å². The summed E-state index contributed by atoms with van der Waals surface area (Å²) in [6, 6.07) is 8.11. The van der Waals surface area contributed by atoms with Crippen LogP contribution in [0.3, 0.4) is 0 Å². The molecule has 0 heterocycles. The molecule has 1 amide bonds. The van der Waals surface area contributed by atoms with Gasteiger partial charge >= 0.3 is 0 Å². The zero-order valence-electron chi connectivity index (χ0n) is 11.5. The highest BCUT2D eigenvalue weighted by Crippen LogP contribution is 2.24. The van der Waals surface area contributed by atoms with Crippen LogP contribution in [0, 0.1) is 5.92 Å². The van der Waals surface area contributed by atoms with Crippen molar-refractivity contribution in [3.63, 3.8) is 0 Å². The molecule has 0 bridgehead atoms. The van der Waals surface area contributed by atoms with E-state index >= 15 is 0 Å². The fraction of sp³-hybridized carbons (Fsp3) is 0.533. The van der Waals surface area contributed by atoms with Gasteiger partial charge < -0.3 is 11.1 Å². The molecule has 3 nitrogen and oxygen atoms in total. The molecule has 3 N–H and O–H groups in total. The molecule has 1 aromatic carbocycles. The summed E-state index contributed by atoms with van der Waals surface area (Å²) < 4.78 is 0.990. The fourth-order valence-corrected chi connectivity index (χ4v) is 3.18. The number of nitrogens with one attached hydrogen (secondary N) is 1. The number of carbonyl (C=O) groups is 1. The van der Waals surface area contributed by atoms with Crippen LogP contribution in [0.1, 0.15) is 31.2 Å². The average Bonchev–Trinajstić information content (AvgIpc) is 2.42. The smallest absolute Gasteiger partial charge is 0.224 e. The molecule has 0 aliphatic heterocycles. The van der Waals surface area contributed by atoms with Gasteiger partial charge in [-0.1, -0.05) is 47.0 Å². The summed E-state index contributed by atoms with van der Waals surface area (Å²) in [5, 5.41) is 3.16. The van der Waals surface area contributed by atoms with Crippen LogP contribution in [0.25, 0.3) is 0 Å². The van der Waals surface area contributed by atoms with E-state index in [0.29, 0.717) is 18.9 Å². The lowest BCUT2D eigenvalue weighted by Crippen LogP contribution is -2.45. The van der Waals surface area contributed by atoms with Gasteiger partial charge in [0.1, 0.15) is 0 Å². The summed E-state index contributed by atoms with van der Waals surface area (Å²) in [6.45, 7) is 0.667. The van der Waals surface area contributed by atoms with E-state index < -0.39 is 0 Å². The number of halogens is 2. The number of rotatable bonds is 4. The maximum atomic E-state index is 12.1. The summed E-state index contributed by atoms with van der Waals surface area (Å²) in [5.74, 6) is 0.536. The van der Waals surface area contributed by atoms with Crippen LogP contribution in [0.4, 0.5) is 0 Å². The Morgan fingerprint density at radius 3 is 2.70 bits per heavy atom. The Hall–Kier alpha value is -0.580. The lowest BCUT2D eigenvalue weighted by Gasteiger charge is -2.31. The molecular formula is C15H22BrClN2O. The summed E-state index contributed by atoms with van der Waals surface area (Å²) in [5.41, 5.74) is 6.82. The van der Waals surface area contributed by atoms with Crippen LogP contribution in [-0.2, 0) is 11.2 Å². The monoisotopic (exact) mass is 360 g/mol. The highest BCUT2D eigenvalue weighted by atomic mass is 79.9. The quantitative estimate of drug-likeness (QED) is 0.866. The highest BCUT2D eigenvalue weighted by Gasteiger charge is 2.25. The largest absolute Gasteiger partial charge is 0.353 e. The minimum atomic E-state index is 0. The Bertz CT molecular complexity index is 442. The first-order valence-electron chi connectivity index (χ1n) is 6.93. The molecular weight excluding hydrogens is 340 g/mol. The number of amides is 1. The molecule has 20 heavy (non-hydrogen) atoms. The summed E-state index contributed by atoms with van der Waals surface area (Å²) in [7, 11) is 0. The van der Waals surface area contributed by atoms with Crippen molar-refractivity contribution in [2.24, 2.45) is 11.7 Å². The second-order valence-corrected chi connectivity index (χ2v) is 6.08. The van der Waals surface area contributed by atoms with E-state index in [2.05, 4.69) is 21.2 Å². The van der Waals surface area contributed by atoms with Crippen molar-refractivity contribution in [2.75, 3.05) is 6.54 Å². The Balaban J connectivity index is 0.00000200. The van der Waals surface area contributed by atoms with Crippen molar-refractivity contribution in [2.45, 2.75) is 38.1 Å². The SMILES string of the molecule is Cl.NCC1CCCCC1NC(=O)Cc1ccccc1Br. The second kappa shape index (κ2) is 8.65. The molecule has 2 unspecified atom stereocenters. The number of hydrogen-bond donors (Lipinski definition) is 2. The average molecular weight is 362 g/mol. The molecule has 0 aromatic heterocycles. The molecule has 1 aromatic rings. The van der Waals surface area contributed by atoms with Gasteiger partial charge in [-0.2, -0.15) is 0 Å². The molecule has 1 fully saturated rings. The zero-order valence-corrected chi connectivity index (χ0v) is 13.9. The molecule has 5 heteroatoms. The lowest BCUT2D eigenvalue weighted by molar-refractivity contribution is -0.121. The number of nitrogens with two attached hydrogens (primary N) is 1. The lowest BCUT2D eigenvalue weighted by atomic mass is 9.84. The molecule has 2 atom stereocenters. The third-order valence-corrected chi connectivity index (χ3v) is 4.64. The normalized spacial score (nSPS) is 21.9. The van der Waals surface area contributed by atoms with E-state index in [4.69, 9.17) is 5.73 Å². The van der Waals surface area contributed by atoms with Crippen molar-refractivity contribution >= 4 is 34.2 Å². The fourth-order valence-electron chi connectivity index (χ4n) is 2.75. The van der Waals surface area contributed by atoms with Gasteiger partial charge in [-0.05, 0) is 36.9 Å². The topological polar surface area (TPSA) is 55.1 Å². The van der Waals surface area contributed by atoms with E-state index in [1.165, 1.54) is 12.8 Å². The first-order valence-corrected chi connectivity index (χ1v) is 7.73. The van der Waals surface area contributed by atoms with Crippen molar-refractivity contribution in [3.05, 3.63) is 34.3 Å². The number of carbonyl (C=O) groups excluding carboxylic acids is 1. The molecule has 0 saturated heterocycles. The van der Waals surface area contributed by atoms with Crippen molar-refractivity contribution in [1.29, 1.82) is 0 Å². The second-order valence-electron chi connectivity index (χ2n) is 5.22. The van der Waals surface area contributed by atoms with Crippen molar-refractivity contribution < 1.29 is 4.79 Å². The van der Waals surface area contributed by atoms with Crippen LogP contribution >= 0.6 is 28.3 Å². The molecule has 1 aliphatic rings. The molecule has 0 radical (unpaired) electrons. The van der Waals surface area contributed by atoms with Gasteiger partial charge in [0.2, 0.25) is 5.91 Å². The summed E-state index contributed by atoms with van der Waals surface area (Å²) in [6.07, 6.45) is 5.05. The van der Waals surface area contributed by atoms with Crippen LogP contribution < -0.4 is 11.1 Å². The van der Waals surface area contributed by atoms with Gasteiger partial charge in [0, 0.05) is 10.5 Å². The third kappa shape index (κ3) is 4.76. The van der Waals surface area contributed by atoms with E-state index in [1.807, 2.05) is 24.3 Å². The molecule has 0 spiro atoms. The molecule has 1 aliphatic carbocycles. The third-order valence-electron chi connectivity index (χ3n) is 3.87. The Kier molecular flexibility index (Phi) is 7.56. The minimum Gasteiger partial charge on any atom is -0.353 e. The predicted octanol–water partition coefficient (Wildman–Crippen LogP) is 3.05. The number of benzene rings is 1. The van der Waals surface area contributed by atoms with E-state index in [9.17, 15) is 4.79 Å². The maximum Gasteiger partial charge on any atom is 0.224 e. The van der Waals surface area contributed by atoms with E-state index in [-0.39, 0.29) is 24.4 Å². The predicted molar refractivity (Wildman–Crippen MR) is 88.0 cm³/mol. The van der Waals surface area contributed by atoms with E-state index in [0.717, 1.165) is 22.9 Å². The Morgan fingerprint density at radius 2 is 2.00 bits per heavy atom. The standard InChI is InChI=1S/C15H21BrN2O.ClH/c16-13-7-3-1-5-11(13)9-15(19)18-14-8-4-2-6-12(14)10-17;/h1,3,5,7,12,14H,2,4,6,8-10,17H2,(H,18,19);1H. The Labute approximate surface area is 135 Å². The van der Waals surface area contributed by atoms with Gasteiger partial charge in [0.25, 0.3) is 0 Å². The summed E-state index contributed by atoms with van der Waals surface area (Å²) in [4.78, 5) is 12.1. The van der Waals surface area contributed by atoms with Gasteiger partial charge in [-0.15, -0.1) is 12.4 Å². The van der Waals surface area contributed by atoms with E-state index in [1.54, 1.807) is 0 Å². The van der Waals surface area contributed by atoms with Crippen LogP contribution in [0.5, 0.6) is 0 Å². The van der Waals surface area contributed by atoms with Gasteiger partial charge in [-0.3, -0.25) is 4.79 Å². The molecule has 1 saturated carbocycles. The number of hydrogen-bond acceptors (Lipinski definition) is 2. The first kappa shape index (κ1) is 17.5. The first-order chi connectivity index (χ1) is 9.20. The molecule has 112 valence electrons. The molecule has 2 rings (SSSR count). The van der Waals surface area contributed by atoms with Gasteiger partial charge in [-0.25, -0.2) is 0 Å². The maximum absolute atomic E-state index is 12.1. The van der Waals surface area contributed by atoms with Crippen molar-refractivity contribution in [3.8, 4) is 0 Å².